The molecule has 0 atom stereocenters. The third-order valence-corrected chi connectivity index (χ3v) is 4.62. The second kappa shape index (κ2) is 7.07. The van der Waals surface area contributed by atoms with Crippen LogP contribution in [-0.4, -0.2) is 31.1 Å². The van der Waals surface area contributed by atoms with Gasteiger partial charge in [0.05, 0.1) is 0 Å². The minimum absolute atomic E-state index is 0.688. The van der Waals surface area contributed by atoms with Crippen LogP contribution in [-0.2, 0) is 12.3 Å². The minimum atomic E-state index is 0.688. The Morgan fingerprint density at radius 1 is 0.955 bits per heavy atom. The van der Waals surface area contributed by atoms with Crippen molar-refractivity contribution in [2.45, 2.75) is 12.3 Å². The first-order chi connectivity index (χ1) is 10.8. The van der Waals surface area contributed by atoms with Crippen LogP contribution in [0.1, 0.15) is 11.1 Å². The summed E-state index contributed by atoms with van der Waals surface area (Å²) in [5.41, 5.74) is 10.6. The Balaban J connectivity index is 1.59. The molecule has 0 saturated carbocycles. The van der Waals surface area contributed by atoms with E-state index in [1.54, 1.807) is 0 Å². The number of hydrogen-bond donors (Lipinski definition) is 2. The molecule has 116 valence electrons. The SMILES string of the molecule is Nc1ccc(N2CCN(Cc3ccccc3)CC2)cc1CS. The number of nitrogens with two attached hydrogens (primary N) is 1. The number of nitrogen functional groups attached to an aromatic ring is 1. The summed E-state index contributed by atoms with van der Waals surface area (Å²) in [6, 6.07) is 17.0. The van der Waals surface area contributed by atoms with E-state index < -0.39 is 0 Å². The molecular weight excluding hydrogens is 290 g/mol. The van der Waals surface area contributed by atoms with Gasteiger partial charge in [0.2, 0.25) is 0 Å². The summed E-state index contributed by atoms with van der Waals surface area (Å²) in [4.78, 5) is 4.95. The first-order valence-electron chi connectivity index (χ1n) is 7.77. The Kier molecular flexibility index (Phi) is 4.90. The molecule has 0 radical (unpaired) electrons. The molecule has 2 N–H and O–H groups in total. The molecule has 0 aliphatic carbocycles. The third kappa shape index (κ3) is 3.57. The molecule has 0 unspecified atom stereocenters. The van der Waals surface area contributed by atoms with Gasteiger partial charge in [0.25, 0.3) is 0 Å². The molecule has 1 aliphatic rings. The van der Waals surface area contributed by atoms with Crippen molar-refractivity contribution in [1.82, 2.24) is 4.90 Å². The zero-order chi connectivity index (χ0) is 15.4. The Hall–Kier alpha value is -1.65. The molecule has 0 spiro atoms. The summed E-state index contributed by atoms with van der Waals surface area (Å²) < 4.78 is 0. The second-order valence-electron chi connectivity index (χ2n) is 5.79. The zero-order valence-corrected chi connectivity index (χ0v) is 13.7. The average molecular weight is 313 g/mol. The fourth-order valence-electron chi connectivity index (χ4n) is 2.93. The predicted octanol–water partition coefficient (Wildman–Crippen LogP) is 3.02. The summed E-state index contributed by atoms with van der Waals surface area (Å²) >= 11 is 4.35. The Bertz CT molecular complexity index is 607. The normalized spacial score (nSPS) is 16.0. The van der Waals surface area contributed by atoms with Gasteiger partial charge in [-0.1, -0.05) is 30.3 Å². The van der Waals surface area contributed by atoms with E-state index in [9.17, 15) is 0 Å². The van der Waals surface area contributed by atoms with Crippen LogP contribution in [0.4, 0.5) is 11.4 Å². The Labute approximate surface area is 138 Å². The molecule has 0 bridgehead atoms. The van der Waals surface area contributed by atoms with Crippen molar-refractivity contribution in [2.75, 3.05) is 36.8 Å². The van der Waals surface area contributed by atoms with Crippen molar-refractivity contribution in [3.8, 4) is 0 Å². The van der Waals surface area contributed by atoms with E-state index in [1.165, 1.54) is 11.3 Å². The molecular formula is C18H23N3S. The highest BCUT2D eigenvalue weighted by atomic mass is 32.1. The number of anilines is 2. The molecule has 1 saturated heterocycles. The van der Waals surface area contributed by atoms with E-state index in [4.69, 9.17) is 5.73 Å². The van der Waals surface area contributed by atoms with Crippen LogP contribution in [0.15, 0.2) is 48.5 Å². The standard InChI is InChI=1S/C18H23N3S/c19-18-7-6-17(12-16(18)14-22)21-10-8-20(9-11-21)13-15-4-2-1-3-5-15/h1-7,12,22H,8-11,13-14,19H2. The van der Waals surface area contributed by atoms with E-state index >= 15 is 0 Å². The lowest BCUT2D eigenvalue weighted by atomic mass is 10.1. The molecule has 22 heavy (non-hydrogen) atoms. The van der Waals surface area contributed by atoms with Crippen LogP contribution >= 0.6 is 12.6 Å². The monoisotopic (exact) mass is 313 g/mol. The van der Waals surface area contributed by atoms with Gasteiger partial charge in [-0.2, -0.15) is 12.6 Å². The highest BCUT2D eigenvalue weighted by Crippen LogP contribution is 2.24. The Morgan fingerprint density at radius 2 is 1.68 bits per heavy atom. The lowest BCUT2D eigenvalue weighted by molar-refractivity contribution is 0.250. The summed E-state index contributed by atoms with van der Waals surface area (Å²) in [6.07, 6.45) is 0. The van der Waals surface area contributed by atoms with Gasteiger partial charge < -0.3 is 10.6 Å². The first kappa shape index (κ1) is 15.3. The molecule has 1 heterocycles. The van der Waals surface area contributed by atoms with Gasteiger partial charge in [-0.25, -0.2) is 0 Å². The van der Waals surface area contributed by atoms with Crippen molar-refractivity contribution in [1.29, 1.82) is 0 Å². The van der Waals surface area contributed by atoms with Crippen molar-refractivity contribution in [3.05, 3.63) is 59.7 Å². The zero-order valence-electron chi connectivity index (χ0n) is 12.8. The second-order valence-corrected chi connectivity index (χ2v) is 6.11. The molecule has 0 amide bonds. The number of nitrogens with zero attached hydrogens (tertiary/aromatic N) is 2. The fraction of sp³-hybridized carbons (Fsp3) is 0.333. The maximum atomic E-state index is 5.96. The van der Waals surface area contributed by atoms with Gasteiger partial charge in [-0.3, -0.25) is 4.90 Å². The summed E-state index contributed by atoms with van der Waals surface area (Å²) in [6.45, 7) is 5.34. The molecule has 3 nitrogen and oxygen atoms in total. The highest BCUT2D eigenvalue weighted by Gasteiger charge is 2.17. The van der Waals surface area contributed by atoms with E-state index in [2.05, 4.69) is 64.9 Å². The van der Waals surface area contributed by atoms with Crippen LogP contribution in [0.5, 0.6) is 0 Å². The van der Waals surface area contributed by atoms with Crippen molar-refractivity contribution in [2.24, 2.45) is 0 Å². The lowest BCUT2D eigenvalue weighted by Crippen LogP contribution is -2.46. The fourth-order valence-corrected chi connectivity index (χ4v) is 3.21. The van der Waals surface area contributed by atoms with E-state index in [-0.39, 0.29) is 0 Å². The molecule has 3 rings (SSSR count). The maximum absolute atomic E-state index is 5.96. The maximum Gasteiger partial charge on any atom is 0.0371 e. The van der Waals surface area contributed by atoms with Gasteiger partial charge in [0, 0.05) is 49.9 Å². The van der Waals surface area contributed by atoms with Crippen LogP contribution in [0.3, 0.4) is 0 Å². The van der Waals surface area contributed by atoms with Gasteiger partial charge in [0.1, 0.15) is 0 Å². The topological polar surface area (TPSA) is 32.5 Å². The van der Waals surface area contributed by atoms with Crippen molar-refractivity contribution in [3.63, 3.8) is 0 Å². The average Bonchev–Trinajstić information content (AvgIpc) is 2.57. The first-order valence-corrected chi connectivity index (χ1v) is 8.40. The molecule has 0 aromatic heterocycles. The number of piperazine rings is 1. The summed E-state index contributed by atoms with van der Waals surface area (Å²) in [5.74, 6) is 0.688. The van der Waals surface area contributed by atoms with E-state index in [0.717, 1.165) is 44.0 Å². The van der Waals surface area contributed by atoms with E-state index in [1.807, 2.05) is 6.07 Å². The summed E-state index contributed by atoms with van der Waals surface area (Å²) in [5, 5.41) is 0. The smallest absolute Gasteiger partial charge is 0.0371 e. The largest absolute Gasteiger partial charge is 0.398 e. The van der Waals surface area contributed by atoms with E-state index in [0.29, 0.717) is 5.75 Å². The summed E-state index contributed by atoms with van der Waals surface area (Å²) in [7, 11) is 0. The molecule has 4 heteroatoms. The number of hydrogen-bond acceptors (Lipinski definition) is 4. The van der Waals surface area contributed by atoms with Crippen LogP contribution < -0.4 is 10.6 Å². The third-order valence-electron chi connectivity index (χ3n) is 4.28. The van der Waals surface area contributed by atoms with Crippen LogP contribution in [0.2, 0.25) is 0 Å². The highest BCUT2D eigenvalue weighted by molar-refractivity contribution is 7.79. The molecule has 1 aliphatic heterocycles. The number of rotatable bonds is 4. The lowest BCUT2D eigenvalue weighted by Gasteiger charge is -2.36. The van der Waals surface area contributed by atoms with Crippen molar-refractivity contribution >= 4 is 24.0 Å². The van der Waals surface area contributed by atoms with Gasteiger partial charge in [-0.05, 0) is 29.3 Å². The van der Waals surface area contributed by atoms with Gasteiger partial charge in [-0.15, -0.1) is 0 Å². The molecule has 1 fully saturated rings. The number of thiol groups is 1. The number of benzene rings is 2. The van der Waals surface area contributed by atoms with Gasteiger partial charge in [0.15, 0.2) is 0 Å². The van der Waals surface area contributed by atoms with Crippen molar-refractivity contribution < 1.29 is 0 Å². The molecule has 2 aromatic carbocycles. The van der Waals surface area contributed by atoms with Crippen LogP contribution in [0, 0.1) is 0 Å². The quantitative estimate of drug-likeness (QED) is 0.672. The predicted molar refractivity (Wildman–Crippen MR) is 97.5 cm³/mol. The minimum Gasteiger partial charge on any atom is -0.398 e. The van der Waals surface area contributed by atoms with Crippen LogP contribution in [0.25, 0.3) is 0 Å². The van der Waals surface area contributed by atoms with Gasteiger partial charge >= 0.3 is 0 Å². The molecule has 2 aromatic rings. The Morgan fingerprint density at radius 3 is 2.36 bits per heavy atom.